The number of rotatable bonds is 7. The Bertz CT molecular complexity index is 475. The molecule has 3 nitrogen and oxygen atoms in total. The first-order chi connectivity index (χ1) is 8.85. The lowest BCUT2D eigenvalue weighted by atomic mass is 9.95. The summed E-state index contributed by atoms with van der Waals surface area (Å²) in [6.45, 7) is 4.51. The Morgan fingerprint density at radius 2 is 2.06 bits per heavy atom. The van der Waals surface area contributed by atoms with E-state index in [9.17, 15) is 0 Å². The van der Waals surface area contributed by atoms with Crippen molar-refractivity contribution in [2.45, 2.75) is 58.3 Å². The summed E-state index contributed by atoms with van der Waals surface area (Å²) >= 11 is 0. The molecule has 0 bridgehead atoms. The van der Waals surface area contributed by atoms with Crippen molar-refractivity contribution < 1.29 is 0 Å². The van der Waals surface area contributed by atoms with Crippen LogP contribution in [-0.2, 0) is 0 Å². The second-order valence-electron chi connectivity index (χ2n) is 4.96. The number of hydrogen-bond acceptors (Lipinski definition) is 2. The maximum absolute atomic E-state index is 4.57. The molecule has 1 atom stereocenters. The van der Waals surface area contributed by atoms with Crippen LogP contribution in [0.5, 0.6) is 0 Å². The van der Waals surface area contributed by atoms with Gasteiger partial charge in [-0.05, 0) is 12.8 Å². The molecule has 18 heavy (non-hydrogen) atoms. The smallest absolute Gasteiger partial charge is 0.155 e. The molecule has 2 aromatic rings. The first kappa shape index (κ1) is 13.1. The number of fused-ring (bicyclic) bond motifs is 1. The van der Waals surface area contributed by atoms with E-state index in [0.29, 0.717) is 5.92 Å². The highest BCUT2D eigenvalue weighted by atomic mass is 15.0. The van der Waals surface area contributed by atoms with Gasteiger partial charge in [0.15, 0.2) is 5.65 Å². The van der Waals surface area contributed by atoms with E-state index in [0.717, 1.165) is 5.65 Å². The van der Waals surface area contributed by atoms with Crippen LogP contribution in [0.2, 0.25) is 0 Å². The van der Waals surface area contributed by atoms with E-state index in [1.54, 1.807) is 0 Å². The lowest BCUT2D eigenvalue weighted by Crippen LogP contribution is -2.02. The normalized spacial score (nSPS) is 13.0. The molecule has 0 saturated heterocycles. The molecule has 0 aliphatic carbocycles. The summed E-state index contributed by atoms with van der Waals surface area (Å²) in [5, 5.41) is 0. The Hall–Kier alpha value is -1.38. The van der Waals surface area contributed by atoms with E-state index in [1.165, 1.54) is 44.2 Å². The van der Waals surface area contributed by atoms with Crippen LogP contribution in [0, 0.1) is 0 Å². The zero-order valence-corrected chi connectivity index (χ0v) is 11.5. The molecule has 0 aliphatic heterocycles. The summed E-state index contributed by atoms with van der Waals surface area (Å²) in [5.74, 6) is 0.591. The quantitative estimate of drug-likeness (QED) is 0.684. The number of imidazole rings is 1. The number of aromatic nitrogens is 3. The molecule has 0 N–H and O–H groups in total. The summed E-state index contributed by atoms with van der Waals surface area (Å²) in [6.07, 6.45) is 15.6. The molecule has 0 spiro atoms. The topological polar surface area (TPSA) is 30.2 Å². The fraction of sp³-hybridized carbons (Fsp3) is 0.600. The second-order valence-corrected chi connectivity index (χ2v) is 4.96. The van der Waals surface area contributed by atoms with Gasteiger partial charge in [0.1, 0.15) is 0 Å². The lowest BCUT2D eigenvalue weighted by Gasteiger charge is -2.14. The zero-order valence-electron chi connectivity index (χ0n) is 11.5. The summed E-state index contributed by atoms with van der Waals surface area (Å²) in [5.41, 5.74) is 2.14. The van der Waals surface area contributed by atoms with E-state index in [2.05, 4.69) is 34.4 Å². The van der Waals surface area contributed by atoms with Crippen molar-refractivity contribution in [3.05, 3.63) is 30.5 Å². The molecule has 1 unspecified atom stereocenters. The van der Waals surface area contributed by atoms with Crippen molar-refractivity contribution in [1.82, 2.24) is 14.4 Å². The summed E-state index contributed by atoms with van der Waals surface area (Å²) in [4.78, 5) is 8.80. The first-order valence-electron chi connectivity index (χ1n) is 7.13. The molecule has 3 heteroatoms. The first-order valence-corrected chi connectivity index (χ1v) is 7.13. The zero-order chi connectivity index (χ0) is 12.8. The van der Waals surface area contributed by atoms with Crippen LogP contribution in [0.1, 0.15) is 64.0 Å². The highest BCUT2D eigenvalue weighted by Gasteiger charge is 2.11. The van der Waals surface area contributed by atoms with E-state index in [1.807, 2.05) is 18.6 Å². The molecule has 2 rings (SSSR count). The third-order valence-corrected chi connectivity index (χ3v) is 3.62. The predicted molar refractivity (Wildman–Crippen MR) is 74.8 cm³/mol. The maximum Gasteiger partial charge on any atom is 0.155 e. The van der Waals surface area contributed by atoms with Gasteiger partial charge in [-0.3, -0.25) is 4.98 Å². The highest BCUT2D eigenvalue weighted by Crippen LogP contribution is 2.24. The molecule has 0 saturated carbocycles. The van der Waals surface area contributed by atoms with Gasteiger partial charge in [0, 0.05) is 24.5 Å². The summed E-state index contributed by atoms with van der Waals surface area (Å²) in [6, 6.07) is 0. The van der Waals surface area contributed by atoms with E-state index < -0.39 is 0 Å². The summed E-state index contributed by atoms with van der Waals surface area (Å²) < 4.78 is 2.07. The van der Waals surface area contributed by atoms with Crippen molar-refractivity contribution in [2.24, 2.45) is 0 Å². The Morgan fingerprint density at radius 1 is 1.17 bits per heavy atom. The minimum Gasteiger partial charge on any atom is -0.304 e. The van der Waals surface area contributed by atoms with Crippen molar-refractivity contribution in [3.8, 4) is 0 Å². The molecule has 0 radical (unpaired) electrons. The van der Waals surface area contributed by atoms with Crippen LogP contribution in [-0.4, -0.2) is 14.4 Å². The third-order valence-electron chi connectivity index (χ3n) is 3.62. The molecule has 0 aliphatic rings. The molecular weight excluding hydrogens is 222 g/mol. The van der Waals surface area contributed by atoms with Crippen molar-refractivity contribution in [3.63, 3.8) is 0 Å². The number of unbranched alkanes of at least 4 members (excludes halogenated alkanes) is 3. The van der Waals surface area contributed by atoms with Gasteiger partial charge in [0.2, 0.25) is 0 Å². The molecular formula is C15H23N3. The monoisotopic (exact) mass is 245 g/mol. The molecule has 0 fully saturated rings. The van der Waals surface area contributed by atoms with Crippen LogP contribution < -0.4 is 0 Å². The largest absolute Gasteiger partial charge is 0.304 e. The predicted octanol–water partition coefficient (Wildman–Crippen LogP) is 4.19. The summed E-state index contributed by atoms with van der Waals surface area (Å²) in [7, 11) is 0. The van der Waals surface area contributed by atoms with E-state index in [-0.39, 0.29) is 0 Å². The fourth-order valence-corrected chi connectivity index (χ4v) is 2.43. The highest BCUT2D eigenvalue weighted by molar-refractivity contribution is 5.35. The van der Waals surface area contributed by atoms with Crippen LogP contribution in [0.4, 0.5) is 0 Å². The van der Waals surface area contributed by atoms with Crippen molar-refractivity contribution in [1.29, 1.82) is 0 Å². The molecule has 0 amide bonds. The van der Waals surface area contributed by atoms with Crippen LogP contribution >= 0.6 is 0 Å². The van der Waals surface area contributed by atoms with Crippen molar-refractivity contribution in [2.75, 3.05) is 0 Å². The van der Waals surface area contributed by atoms with Crippen LogP contribution in [0.25, 0.3) is 5.65 Å². The fourth-order valence-electron chi connectivity index (χ4n) is 2.43. The molecule has 98 valence electrons. The van der Waals surface area contributed by atoms with E-state index >= 15 is 0 Å². The lowest BCUT2D eigenvalue weighted by molar-refractivity contribution is 0.531. The standard InChI is InChI=1S/C15H23N3/c1-3-5-6-7-8-13(4-2)14-12-18-10-9-16-15(18)11-17-14/h9-13H,3-8H2,1-2H3. The van der Waals surface area contributed by atoms with Gasteiger partial charge in [0.05, 0.1) is 11.9 Å². The van der Waals surface area contributed by atoms with Gasteiger partial charge in [-0.1, -0.05) is 39.5 Å². The molecule has 2 heterocycles. The Labute approximate surface area is 109 Å². The Balaban J connectivity index is 2.01. The van der Waals surface area contributed by atoms with Gasteiger partial charge in [-0.25, -0.2) is 4.98 Å². The van der Waals surface area contributed by atoms with E-state index in [4.69, 9.17) is 0 Å². The van der Waals surface area contributed by atoms with Gasteiger partial charge in [-0.2, -0.15) is 0 Å². The average molecular weight is 245 g/mol. The molecule has 2 aromatic heterocycles. The van der Waals surface area contributed by atoms with Crippen molar-refractivity contribution >= 4 is 5.65 Å². The average Bonchev–Trinajstić information content (AvgIpc) is 2.86. The Kier molecular flexibility index (Phi) is 4.73. The van der Waals surface area contributed by atoms with Gasteiger partial charge < -0.3 is 4.40 Å². The Morgan fingerprint density at radius 3 is 2.83 bits per heavy atom. The van der Waals surface area contributed by atoms with Crippen LogP contribution in [0.3, 0.4) is 0 Å². The SMILES string of the molecule is CCCCCCC(CC)c1cn2ccnc2cn1. The number of nitrogens with zero attached hydrogens (tertiary/aromatic N) is 3. The molecule has 0 aromatic carbocycles. The minimum atomic E-state index is 0.591. The maximum atomic E-state index is 4.57. The number of hydrogen-bond donors (Lipinski definition) is 0. The van der Waals surface area contributed by atoms with Gasteiger partial charge in [-0.15, -0.1) is 0 Å². The van der Waals surface area contributed by atoms with Crippen LogP contribution in [0.15, 0.2) is 24.8 Å². The second kappa shape index (κ2) is 6.53. The minimum absolute atomic E-state index is 0.591. The van der Waals surface area contributed by atoms with Gasteiger partial charge in [0.25, 0.3) is 0 Å². The third kappa shape index (κ3) is 3.09. The van der Waals surface area contributed by atoms with Gasteiger partial charge >= 0.3 is 0 Å².